The van der Waals surface area contributed by atoms with Crippen molar-refractivity contribution in [3.8, 4) is 0 Å². The van der Waals surface area contributed by atoms with E-state index in [1.807, 2.05) is 0 Å². The topological polar surface area (TPSA) is 49.4 Å². The molecule has 1 aromatic rings. The van der Waals surface area contributed by atoms with Gasteiger partial charge in [-0.15, -0.1) is 0 Å². The number of nitrogens with one attached hydrogen (secondary N) is 1. The average molecular weight is 306 g/mol. The molecule has 120 valence electrons. The zero-order valence-electron chi connectivity index (χ0n) is 13.0. The number of rotatable bonds is 5. The van der Waals surface area contributed by atoms with Gasteiger partial charge in [-0.1, -0.05) is 37.5 Å². The fourth-order valence-electron chi connectivity index (χ4n) is 2.80. The summed E-state index contributed by atoms with van der Waals surface area (Å²) in [6, 6.07) is 6.52. The van der Waals surface area contributed by atoms with Gasteiger partial charge in [-0.2, -0.15) is 0 Å². The third-order valence-corrected chi connectivity index (χ3v) is 4.07. The fourth-order valence-corrected chi connectivity index (χ4v) is 2.80. The van der Waals surface area contributed by atoms with Crippen LogP contribution in [-0.4, -0.2) is 29.3 Å². The smallest absolute Gasteiger partial charge is 0.239 e. The maximum atomic E-state index is 13.7. The van der Waals surface area contributed by atoms with E-state index < -0.39 is 0 Å². The van der Waals surface area contributed by atoms with Crippen LogP contribution in [0.3, 0.4) is 0 Å². The Morgan fingerprint density at radius 2 is 1.91 bits per heavy atom. The molecule has 22 heavy (non-hydrogen) atoms. The van der Waals surface area contributed by atoms with Crippen LogP contribution in [-0.2, 0) is 16.1 Å². The predicted octanol–water partition coefficient (Wildman–Crippen LogP) is 2.62. The van der Waals surface area contributed by atoms with Gasteiger partial charge in [-0.05, 0) is 18.9 Å². The molecule has 0 bridgehead atoms. The molecular formula is C17H23FN2O2. The lowest BCUT2D eigenvalue weighted by molar-refractivity contribution is -0.135. The maximum Gasteiger partial charge on any atom is 0.239 e. The van der Waals surface area contributed by atoms with E-state index in [-0.39, 0.29) is 36.8 Å². The molecule has 1 saturated carbocycles. The first-order valence-corrected chi connectivity index (χ1v) is 7.84. The summed E-state index contributed by atoms with van der Waals surface area (Å²) >= 11 is 0. The largest absolute Gasteiger partial charge is 0.352 e. The highest BCUT2D eigenvalue weighted by atomic mass is 19.1. The van der Waals surface area contributed by atoms with Crippen molar-refractivity contribution in [1.82, 2.24) is 10.2 Å². The molecule has 0 unspecified atom stereocenters. The third-order valence-electron chi connectivity index (χ3n) is 4.07. The average Bonchev–Trinajstić information content (AvgIpc) is 2.49. The van der Waals surface area contributed by atoms with Crippen LogP contribution in [0.4, 0.5) is 4.39 Å². The molecule has 1 N–H and O–H groups in total. The van der Waals surface area contributed by atoms with E-state index >= 15 is 0 Å². The second-order valence-corrected chi connectivity index (χ2v) is 5.87. The summed E-state index contributed by atoms with van der Waals surface area (Å²) in [5.74, 6) is -0.762. The summed E-state index contributed by atoms with van der Waals surface area (Å²) in [5.41, 5.74) is 0.420. The number of hydrogen-bond donors (Lipinski definition) is 1. The molecule has 1 aliphatic rings. The highest BCUT2D eigenvalue weighted by molar-refractivity contribution is 5.83. The Hall–Kier alpha value is -1.91. The fraction of sp³-hybridized carbons (Fsp3) is 0.529. The molecule has 0 spiro atoms. The van der Waals surface area contributed by atoms with Crippen molar-refractivity contribution in [2.45, 2.75) is 51.6 Å². The monoisotopic (exact) mass is 306 g/mol. The molecule has 1 aromatic carbocycles. The van der Waals surface area contributed by atoms with Gasteiger partial charge in [-0.25, -0.2) is 4.39 Å². The van der Waals surface area contributed by atoms with Gasteiger partial charge in [0.1, 0.15) is 5.82 Å². The van der Waals surface area contributed by atoms with Gasteiger partial charge in [-0.3, -0.25) is 9.59 Å². The summed E-state index contributed by atoms with van der Waals surface area (Å²) in [5, 5.41) is 2.98. The first-order valence-electron chi connectivity index (χ1n) is 7.84. The Morgan fingerprint density at radius 3 is 2.55 bits per heavy atom. The molecule has 0 aliphatic heterocycles. The minimum absolute atomic E-state index is 0.0276. The zero-order chi connectivity index (χ0) is 15.9. The minimum Gasteiger partial charge on any atom is -0.352 e. The standard InChI is InChI=1S/C17H23FN2O2/c1-13(21)20(11-14-7-5-6-10-16(14)18)12-17(22)19-15-8-3-2-4-9-15/h5-7,10,15H,2-4,8-9,11-12H2,1H3,(H,19,22). The molecule has 0 heterocycles. The highest BCUT2D eigenvalue weighted by Gasteiger charge is 2.19. The van der Waals surface area contributed by atoms with Crippen LogP contribution in [0.2, 0.25) is 0 Å². The number of nitrogens with zero attached hydrogens (tertiary/aromatic N) is 1. The summed E-state index contributed by atoms with van der Waals surface area (Å²) in [6.07, 6.45) is 5.49. The van der Waals surface area contributed by atoms with E-state index in [1.54, 1.807) is 18.2 Å². The molecule has 0 atom stereocenters. The Morgan fingerprint density at radius 1 is 1.23 bits per heavy atom. The van der Waals surface area contributed by atoms with Crippen molar-refractivity contribution in [1.29, 1.82) is 0 Å². The van der Waals surface area contributed by atoms with Crippen LogP contribution in [0, 0.1) is 5.82 Å². The second-order valence-electron chi connectivity index (χ2n) is 5.87. The third kappa shape index (κ3) is 4.83. The van der Waals surface area contributed by atoms with Crippen molar-refractivity contribution in [2.75, 3.05) is 6.54 Å². The highest BCUT2D eigenvalue weighted by Crippen LogP contribution is 2.17. The van der Waals surface area contributed by atoms with Gasteiger partial charge in [0.25, 0.3) is 0 Å². The number of hydrogen-bond acceptors (Lipinski definition) is 2. The second kappa shape index (κ2) is 7.92. The molecular weight excluding hydrogens is 283 g/mol. The van der Waals surface area contributed by atoms with Gasteiger partial charge < -0.3 is 10.2 Å². The number of carbonyl (C=O) groups excluding carboxylic acids is 2. The van der Waals surface area contributed by atoms with Crippen LogP contribution in [0.5, 0.6) is 0 Å². The lowest BCUT2D eigenvalue weighted by Crippen LogP contribution is -2.44. The lowest BCUT2D eigenvalue weighted by Gasteiger charge is -2.25. The normalized spacial score (nSPS) is 15.4. The van der Waals surface area contributed by atoms with E-state index in [0.717, 1.165) is 25.7 Å². The quantitative estimate of drug-likeness (QED) is 0.909. The van der Waals surface area contributed by atoms with Crippen molar-refractivity contribution < 1.29 is 14.0 Å². The first-order chi connectivity index (χ1) is 10.6. The molecule has 4 nitrogen and oxygen atoms in total. The molecule has 1 aliphatic carbocycles. The number of amides is 2. The van der Waals surface area contributed by atoms with Crippen LogP contribution in [0.25, 0.3) is 0 Å². The SMILES string of the molecule is CC(=O)N(CC(=O)NC1CCCCC1)Cc1ccccc1F. The Balaban J connectivity index is 1.92. The Labute approximate surface area is 130 Å². The Bertz CT molecular complexity index is 527. The summed E-state index contributed by atoms with van der Waals surface area (Å²) in [7, 11) is 0. The maximum absolute atomic E-state index is 13.7. The van der Waals surface area contributed by atoms with Crippen LogP contribution in [0.15, 0.2) is 24.3 Å². The predicted molar refractivity (Wildman–Crippen MR) is 82.5 cm³/mol. The van der Waals surface area contributed by atoms with Gasteiger partial charge in [0.2, 0.25) is 11.8 Å². The van der Waals surface area contributed by atoms with E-state index in [2.05, 4.69) is 5.32 Å². The molecule has 0 saturated heterocycles. The van der Waals surface area contributed by atoms with Crippen molar-refractivity contribution in [2.24, 2.45) is 0 Å². The number of benzene rings is 1. The zero-order valence-corrected chi connectivity index (χ0v) is 13.0. The molecule has 0 aromatic heterocycles. The number of halogens is 1. The van der Waals surface area contributed by atoms with Crippen LogP contribution in [0.1, 0.15) is 44.6 Å². The molecule has 1 fully saturated rings. The van der Waals surface area contributed by atoms with Gasteiger partial charge in [0, 0.05) is 25.1 Å². The van der Waals surface area contributed by atoms with E-state index in [1.165, 1.54) is 24.3 Å². The van der Waals surface area contributed by atoms with Crippen LogP contribution >= 0.6 is 0 Å². The van der Waals surface area contributed by atoms with Gasteiger partial charge in [0.05, 0.1) is 6.54 Å². The summed E-state index contributed by atoms with van der Waals surface area (Å²) in [6.45, 7) is 1.48. The van der Waals surface area contributed by atoms with Crippen molar-refractivity contribution in [3.05, 3.63) is 35.6 Å². The summed E-state index contributed by atoms with van der Waals surface area (Å²) in [4.78, 5) is 25.2. The number of carbonyl (C=O) groups is 2. The van der Waals surface area contributed by atoms with Gasteiger partial charge in [0.15, 0.2) is 0 Å². The molecule has 2 amide bonds. The minimum atomic E-state index is -0.360. The van der Waals surface area contributed by atoms with Crippen molar-refractivity contribution in [3.63, 3.8) is 0 Å². The molecule has 0 radical (unpaired) electrons. The first kappa shape index (κ1) is 16.5. The Kier molecular flexibility index (Phi) is 5.92. The van der Waals surface area contributed by atoms with E-state index in [0.29, 0.717) is 5.56 Å². The van der Waals surface area contributed by atoms with E-state index in [9.17, 15) is 14.0 Å². The molecule has 2 rings (SSSR count). The van der Waals surface area contributed by atoms with E-state index in [4.69, 9.17) is 0 Å². The van der Waals surface area contributed by atoms with Gasteiger partial charge >= 0.3 is 0 Å². The summed E-state index contributed by atoms with van der Waals surface area (Å²) < 4.78 is 13.7. The lowest BCUT2D eigenvalue weighted by atomic mass is 9.95. The van der Waals surface area contributed by atoms with Crippen molar-refractivity contribution >= 4 is 11.8 Å². The van der Waals surface area contributed by atoms with Crippen LogP contribution < -0.4 is 5.32 Å². The molecule has 5 heteroatoms.